The number of para-hydroxylation sites is 1. The zero-order chi connectivity index (χ0) is 27.1. The molecule has 2 aromatic carbocycles. The number of aromatic nitrogens is 1. The van der Waals surface area contributed by atoms with Crippen LogP contribution < -0.4 is 26.6 Å². The number of nitrogens with zero attached hydrogens (tertiary/aromatic N) is 3. The van der Waals surface area contributed by atoms with Gasteiger partial charge in [-0.15, -0.1) is 0 Å². The zero-order valence-electron chi connectivity index (χ0n) is 20.6. The fraction of sp³-hybridized carbons (Fsp3) is 0.240. The Balaban J connectivity index is 2.13. The molecule has 3 amide bonds. The van der Waals surface area contributed by atoms with Crippen molar-refractivity contribution in [3.8, 4) is 0 Å². The molecule has 3 aromatic rings. The summed E-state index contributed by atoms with van der Waals surface area (Å²) in [5.41, 5.74) is 12.7. The predicted molar refractivity (Wildman–Crippen MR) is 141 cm³/mol. The lowest BCUT2D eigenvalue weighted by molar-refractivity contribution is -0.143. The second kappa shape index (κ2) is 12.0. The molecule has 11 nitrogen and oxygen atoms in total. The summed E-state index contributed by atoms with van der Waals surface area (Å²) in [6, 6.07) is 14.3. The number of nitrogens with one attached hydrogen (secondary N) is 1. The number of nitrogen functional groups attached to an aromatic ring is 1. The SMILES string of the molecule is CCOC(=O)CNC(=O)[C@@H](c1ccc(N(C)C)cc1)N(C(=O)c1snc(C(N)=O)c1N)c1ccccc1. The van der Waals surface area contributed by atoms with Gasteiger partial charge >= 0.3 is 5.97 Å². The number of esters is 1. The van der Waals surface area contributed by atoms with Crippen LogP contribution in [0.3, 0.4) is 0 Å². The number of hydrogen-bond donors (Lipinski definition) is 3. The Labute approximate surface area is 218 Å². The van der Waals surface area contributed by atoms with Crippen LogP contribution in [-0.2, 0) is 14.3 Å². The molecule has 0 bridgehead atoms. The number of carbonyl (C=O) groups excluding carboxylic acids is 4. The van der Waals surface area contributed by atoms with Crippen molar-refractivity contribution in [2.75, 3.05) is 42.8 Å². The molecule has 0 spiro atoms. The van der Waals surface area contributed by atoms with Crippen LogP contribution in [0.5, 0.6) is 0 Å². The fourth-order valence-electron chi connectivity index (χ4n) is 3.55. The molecule has 1 heterocycles. The lowest BCUT2D eigenvalue weighted by Gasteiger charge is -2.31. The second-order valence-corrected chi connectivity index (χ2v) is 8.83. The number of nitrogens with two attached hydrogens (primary N) is 2. The number of amides is 3. The molecule has 0 aliphatic carbocycles. The maximum absolute atomic E-state index is 13.9. The van der Waals surface area contributed by atoms with Crippen LogP contribution in [0.15, 0.2) is 54.6 Å². The van der Waals surface area contributed by atoms with Gasteiger partial charge in [0.2, 0.25) is 5.91 Å². The van der Waals surface area contributed by atoms with E-state index >= 15 is 0 Å². The van der Waals surface area contributed by atoms with Gasteiger partial charge in [0.05, 0.1) is 12.3 Å². The molecular formula is C25H28N6O5S. The maximum Gasteiger partial charge on any atom is 0.325 e. The van der Waals surface area contributed by atoms with Crippen molar-refractivity contribution >= 4 is 52.3 Å². The van der Waals surface area contributed by atoms with Crippen LogP contribution in [0.2, 0.25) is 0 Å². The zero-order valence-corrected chi connectivity index (χ0v) is 21.5. The summed E-state index contributed by atoms with van der Waals surface area (Å²) in [6.45, 7) is 1.43. The summed E-state index contributed by atoms with van der Waals surface area (Å²) < 4.78 is 8.84. The highest BCUT2D eigenvalue weighted by atomic mass is 32.1. The molecule has 0 aliphatic heterocycles. The van der Waals surface area contributed by atoms with E-state index in [9.17, 15) is 19.2 Å². The summed E-state index contributed by atoms with van der Waals surface area (Å²) in [5, 5.41) is 2.56. The van der Waals surface area contributed by atoms with Gasteiger partial charge in [0, 0.05) is 25.5 Å². The molecule has 194 valence electrons. The third kappa shape index (κ3) is 6.22. The number of primary amides is 1. The third-order valence-electron chi connectivity index (χ3n) is 5.35. The van der Waals surface area contributed by atoms with E-state index < -0.39 is 29.7 Å². The first-order chi connectivity index (χ1) is 17.6. The van der Waals surface area contributed by atoms with Crippen LogP contribution in [0.4, 0.5) is 17.1 Å². The van der Waals surface area contributed by atoms with Crippen LogP contribution in [0.1, 0.15) is 38.7 Å². The van der Waals surface area contributed by atoms with Crippen LogP contribution in [0.25, 0.3) is 0 Å². The van der Waals surface area contributed by atoms with E-state index in [1.165, 1.54) is 4.90 Å². The summed E-state index contributed by atoms with van der Waals surface area (Å²) in [4.78, 5) is 54.2. The van der Waals surface area contributed by atoms with E-state index in [-0.39, 0.29) is 29.4 Å². The lowest BCUT2D eigenvalue weighted by Crippen LogP contribution is -2.45. The van der Waals surface area contributed by atoms with Crippen LogP contribution >= 0.6 is 11.5 Å². The average Bonchev–Trinajstić information content (AvgIpc) is 3.27. The molecule has 0 unspecified atom stereocenters. The van der Waals surface area contributed by atoms with E-state index in [0.717, 1.165) is 5.69 Å². The van der Waals surface area contributed by atoms with Gasteiger partial charge < -0.3 is 26.4 Å². The van der Waals surface area contributed by atoms with Gasteiger partial charge in [-0.2, -0.15) is 4.37 Å². The first kappa shape index (κ1) is 27.1. The Morgan fingerprint density at radius 1 is 1.03 bits per heavy atom. The Kier molecular flexibility index (Phi) is 8.80. The normalized spacial score (nSPS) is 11.3. The maximum atomic E-state index is 13.9. The summed E-state index contributed by atoms with van der Waals surface area (Å²) >= 11 is 0.712. The largest absolute Gasteiger partial charge is 0.465 e. The van der Waals surface area contributed by atoms with Gasteiger partial charge in [0.25, 0.3) is 11.8 Å². The fourth-order valence-corrected chi connectivity index (χ4v) is 4.29. The second-order valence-electron chi connectivity index (χ2n) is 8.06. The van der Waals surface area contributed by atoms with Gasteiger partial charge in [0.15, 0.2) is 5.69 Å². The lowest BCUT2D eigenvalue weighted by atomic mass is 10.0. The number of ether oxygens (including phenoxy) is 1. The van der Waals surface area contributed by atoms with Crippen molar-refractivity contribution in [3.63, 3.8) is 0 Å². The van der Waals surface area contributed by atoms with Crippen molar-refractivity contribution in [2.45, 2.75) is 13.0 Å². The molecule has 0 saturated heterocycles. The van der Waals surface area contributed by atoms with Crippen molar-refractivity contribution in [3.05, 3.63) is 70.7 Å². The van der Waals surface area contributed by atoms with Gasteiger partial charge in [-0.1, -0.05) is 30.3 Å². The highest BCUT2D eigenvalue weighted by Crippen LogP contribution is 2.33. The topological polar surface area (TPSA) is 161 Å². The van der Waals surface area contributed by atoms with Gasteiger partial charge in [-0.05, 0) is 48.3 Å². The highest BCUT2D eigenvalue weighted by Gasteiger charge is 2.36. The summed E-state index contributed by atoms with van der Waals surface area (Å²) in [6.07, 6.45) is 0. The Morgan fingerprint density at radius 3 is 2.22 bits per heavy atom. The smallest absolute Gasteiger partial charge is 0.325 e. The van der Waals surface area contributed by atoms with Crippen molar-refractivity contribution in [1.82, 2.24) is 9.69 Å². The predicted octanol–water partition coefficient (Wildman–Crippen LogP) is 1.96. The van der Waals surface area contributed by atoms with Gasteiger partial charge in [-0.25, -0.2) is 0 Å². The third-order valence-corrected chi connectivity index (χ3v) is 6.20. The molecule has 5 N–H and O–H groups in total. The van der Waals surface area contributed by atoms with Crippen LogP contribution in [0, 0.1) is 0 Å². The molecule has 0 aliphatic rings. The van der Waals surface area contributed by atoms with E-state index in [4.69, 9.17) is 16.2 Å². The van der Waals surface area contributed by atoms with Crippen molar-refractivity contribution in [2.24, 2.45) is 5.73 Å². The van der Waals surface area contributed by atoms with Crippen molar-refractivity contribution in [1.29, 1.82) is 0 Å². The molecule has 1 atom stereocenters. The number of carbonyl (C=O) groups is 4. The minimum absolute atomic E-state index is 0.0502. The highest BCUT2D eigenvalue weighted by molar-refractivity contribution is 7.09. The Bertz CT molecular complexity index is 1280. The number of hydrogen-bond acceptors (Lipinski definition) is 9. The minimum atomic E-state index is -1.21. The number of rotatable bonds is 10. The molecule has 0 saturated carbocycles. The molecule has 1 aromatic heterocycles. The van der Waals surface area contributed by atoms with E-state index in [1.807, 2.05) is 19.0 Å². The first-order valence-electron chi connectivity index (χ1n) is 11.3. The first-order valence-corrected chi connectivity index (χ1v) is 12.1. The summed E-state index contributed by atoms with van der Waals surface area (Å²) in [7, 11) is 3.75. The standard InChI is InChI=1S/C25H28N6O5S/c1-4-36-18(32)14-28-24(34)21(15-10-12-16(13-11-15)30(2)3)31(17-8-6-5-7-9-17)25(35)22-19(26)20(23(27)33)29-37-22/h5-13,21H,4,14,26H2,1-3H3,(H2,27,33)(H,28,34)/t21-/m1/s1. The minimum Gasteiger partial charge on any atom is -0.465 e. The quantitative estimate of drug-likeness (QED) is 0.339. The Morgan fingerprint density at radius 2 is 1.68 bits per heavy atom. The van der Waals surface area contributed by atoms with Gasteiger partial charge in [0.1, 0.15) is 17.5 Å². The van der Waals surface area contributed by atoms with Crippen LogP contribution in [-0.4, -0.2) is 55.3 Å². The molecule has 37 heavy (non-hydrogen) atoms. The summed E-state index contributed by atoms with van der Waals surface area (Å²) in [5.74, 6) is -2.78. The molecular weight excluding hydrogens is 496 g/mol. The monoisotopic (exact) mass is 524 g/mol. The van der Waals surface area contributed by atoms with E-state index in [2.05, 4.69) is 9.69 Å². The average molecular weight is 525 g/mol. The molecule has 0 fully saturated rings. The van der Waals surface area contributed by atoms with E-state index in [1.54, 1.807) is 61.5 Å². The Hall–Kier alpha value is -4.45. The van der Waals surface area contributed by atoms with Crippen molar-refractivity contribution < 1.29 is 23.9 Å². The number of benzene rings is 2. The van der Waals surface area contributed by atoms with E-state index in [0.29, 0.717) is 22.8 Å². The van der Waals surface area contributed by atoms with Gasteiger partial charge in [-0.3, -0.25) is 24.1 Å². The molecule has 3 rings (SSSR count). The number of anilines is 3. The molecule has 0 radical (unpaired) electrons. The molecule has 12 heteroatoms.